The van der Waals surface area contributed by atoms with Gasteiger partial charge in [-0.1, -0.05) is 11.6 Å². The highest BCUT2D eigenvalue weighted by Crippen LogP contribution is 2.47. The molecule has 1 fully saturated rings. The Morgan fingerprint density at radius 1 is 1.12 bits per heavy atom. The fourth-order valence-corrected chi connectivity index (χ4v) is 7.83. The van der Waals surface area contributed by atoms with Gasteiger partial charge in [0.2, 0.25) is 15.8 Å². The quantitative estimate of drug-likeness (QED) is 0.216. The van der Waals surface area contributed by atoms with Crippen LogP contribution in [0.4, 0.5) is 17.6 Å². The van der Waals surface area contributed by atoms with Crippen LogP contribution in [0.1, 0.15) is 38.7 Å². The van der Waals surface area contributed by atoms with Gasteiger partial charge in [0.25, 0.3) is 0 Å². The lowest BCUT2D eigenvalue weighted by atomic mass is 9.66. The highest BCUT2D eigenvalue weighted by atomic mass is 32.2. The van der Waals surface area contributed by atoms with E-state index in [-0.39, 0.29) is 36.7 Å². The van der Waals surface area contributed by atoms with Crippen LogP contribution in [0, 0.1) is 18.2 Å². The first-order valence-electron chi connectivity index (χ1n) is 12.6. The number of Topliss-reactive ketones (excluding diaryl/α,β-unsaturated/α-hetero) is 1. The molecule has 13 heteroatoms. The summed E-state index contributed by atoms with van der Waals surface area (Å²) in [4.78, 5) is 18.0. The maximum Gasteiger partial charge on any atom is 0.416 e. The van der Waals surface area contributed by atoms with Crippen molar-refractivity contribution in [3.63, 3.8) is 0 Å². The minimum atomic E-state index is -4.71. The van der Waals surface area contributed by atoms with Crippen LogP contribution in [-0.4, -0.2) is 46.4 Å². The number of hydrogen-bond acceptors (Lipinski definition) is 6. The van der Waals surface area contributed by atoms with Crippen LogP contribution < -0.4 is 0 Å². The van der Waals surface area contributed by atoms with Gasteiger partial charge in [-0.15, -0.1) is 11.3 Å². The lowest BCUT2D eigenvalue weighted by Crippen LogP contribution is -2.53. The topological polar surface area (TPSA) is 85.2 Å². The van der Waals surface area contributed by atoms with Crippen molar-refractivity contribution in [1.29, 1.82) is 0 Å². The Morgan fingerprint density at radius 3 is 2.56 bits per heavy atom. The fourth-order valence-electron chi connectivity index (χ4n) is 5.45. The number of carbonyl (C=O) groups is 1. The van der Waals surface area contributed by atoms with E-state index in [0.717, 1.165) is 33.8 Å². The third-order valence-electron chi connectivity index (χ3n) is 7.50. The van der Waals surface area contributed by atoms with Crippen molar-refractivity contribution >= 4 is 33.2 Å². The molecule has 212 valence electrons. The molecule has 2 aliphatic rings. The first-order chi connectivity index (χ1) is 19.4. The number of thiazole rings is 1. The predicted molar refractivity (Wildman–Crippen MR) is 144 cm³/mol. The van der Waals surface area contributed by atoms with E-state index in [2.05, 4.69) is 10.1 Å². The highest BCUT2D eigenvalue weighted by molar-refractivity contribution is 7.89. The zero-order valence-corrected chi connectivity index (χ0v) is 23.2. The minimum Gasteiger partial charge on any atom is -0.290 e. The summed E-state index contributed by atoms with van der Waals surface area (Å²) in [5.74, 6) is -0.753. The van der Waals surface area contributed by atoms with Crippen molar-refractivity contribution < 1.29 is 30.8 Å². The number of piperidine rings is 1. The van der Waals surface area contributed by atoms with Crippen LogP contribution in [0.5, 0.6) is 0 Å². The summed E-state index contributed by atoms with van der Waals surface area (Å²) in [5, 5.41) is 6.41. The van der Waals surface area contributed by atoms with E-state index in [1.54, 1.807) is 35.3 Å². The predicted octanol–water partition coefficient (Wildman–Crippen LogP) is 5.70. The van der Waals surface area contributed by atoms with Crippen LogP contribution in [-0.2, 0) is 22.6 Å². The monoisotopic (exact) mass is 602 g/mol. The standard InChI is InChI=1S/C28H22F4N4O3S2/c1-17-15-40-26(34-17)25(37)27-13-18-14-33-36(22-7-5-21(29)6-8-22)24(18)12-19(27)9-10-35(16-27)41(38,39)23-4-2-3-20(11-23)28(30,31)32/h2-8,11-12,14-15H,9-10,13,16H2,1H3. The molecule has 0 spiro atoms. The number of nitrogens with zero attached hydrogens (tertiary/aromatic N) is 4. The lowest BCUT2D eigenvalue weighted by Gasteiger charge is -2.44. The first kappa shape index (κ1) is 27.5. The van der Waals surface area contributed by atoms with Gasteiger partial charge in [-0.05, 0) is 73.9 Å². The van der Waals surface area contributed by atoms with E-state index in [1.165, 1.54) is 12.1 Å². The van der Waals surface area contributed by atoms with Crippen LogP contribution in [0.15, 0.2) is 70.6 Å². The van der Waals surface area contributed by atoms with E-state index in [1.807, 2.05) is 6.08 Å². The number of fused-ring (bicyclic) bond motifs is 2. The Bertz CT molecular complexity index is 1810. The molecule has 1 atom stereocenters. The summed E-state index contributed by atoms with van der Waals surface area (Å²) in [6.07, 6.45) is -1.02. The Balaban J connectivity index is 1.43. The van der Waals surface area contributed by atoms with Gasteiger partial charge in [0.15, 0.2) is 5.01 Å². The molecule has 1 aliphatic carbocycles. The van der Waals surface area contributed by atoms with Crippen LogP contribution in [0.25, 0.3) is 11.8 Å². The van der Waals surface area contributed by atoms with Crippen LogP contribution >= 0.6 is 11.3 Å². The van der Waals surface area contributed by atoms with Crippen molar-refractivity contribution in [2.45, 2.75) is 30.8 Å². The van der Waals surface area contributed by atoms with Crippen molar-refractivity contribution in [2.24, 2.45) is 5.41 Å². The van der Waals surface area contributed by atoms with E-state index in [0.29, 0.717) is 34.3 Å². The summed E-state index contributed by atoms with van der Waals surface area (Å²) in [7, 11) is -4.38. The molecule has 2 aromatic carbocycles. The van der Waals surface area contributed by atoms with Gasteiger partial charge in [-0.2, -0.15) is 22.6 Å². The van der Waals surface area contributed by atoms with Crippen molar-refractivity contribution in [3.8, 4) is 5.69 Å². The second-order valence-electron chi connectivity index (χ2n) is 10.1. The Morgan fingerprint density at radius 2 is 1.88 bits per heavy atom. The number of halogens is 4. The molecule has 3 heterocycles. The average molecular weight is 603 g/mol. The molecule has 7 nitrogen and oxygen atoms in total. The number of carbonyl (C=O) groups excluding carboxylic acids is 1. The van der Waals surface area contributed by atoms with Gasteiger partial charge < -0.3 is 0 Å². The third kappa shape index (κ3) is 4.71. The molecular formula is C28H22F4N4O3S2. The first-order valence-corrected chi connectivity index (χ1v) is 14.9. The lowest BCUT2D eigenvalue weighted by molar-refractivity contribution is -0.137. The van der Waals surface area contributed by atoms with Crippen LogP contribution in [0.3, 0.4) is 0 Å². The molecule has 0 amide bonds. The largest absolute Gasteiger partial charge is 0.416 e. The summed E-state index contributed by atoms with van der Waals surface area (Å²) in [6, 6.07) is 9.40. The zero-order valence-electron chi connectivity index (χ0n) is 21.5. The fraction of sp³-hybridized carbons (Fsp3) is 0.250. The van der Waals surface area contributed by atoms with Crippen LogP contribution in [0.2, 0.25) is 0 Å². The maximum atomic E-state index is 14.2. The maximum absolute atomic E-state index is 14.2. The third-order valence-corrected chi connectivity index (χ3v) is 10.3. The number of sulfonamides is 1. The van der Waals surface area contributed by atoms with Gasteiger partial charge in [-0.25, -0.2) is 22.5 Å². The molecule has 1 aliphatic heterocycles. The zero-order chi connectivity index (χ0) is 29.2. The van der Waals surface area contributed by atoms with E-state index in [9.17, 15) is 30.8 Å². The number of aryl methyl sites for hydroxylation is 1. The van der Waals surface area contributed by atoms with Gasteiger partial charge in [0, 0.05) is 24.2 Å². The molecule has 2 aromatic heterocycles. The highest BCUT2D eigenvalue weighted by Gasteiger charge is 2.52. The molecule has 0 saturated carbocycles. The summed E-state index contributed by atoms with van der Waals surface area (Å²) >= 11 is 1.16. The molecule has 4 aromatic rings. The Hall–Kier alpha value is -3.68. The number of aromatic nitrogens is 3. The molecule has 41 heavy (non-hydrogen) atoms. The van der Waals surface area contributed by atoms with Gasteiger partial charge in [0.1, 0.15) is 5.82 Å². The number of alkyl halides is 3. The average Bonchev–Trinajstić information content (AvgIpc) is 3.56. The van der Waals surface area contributed by atoms with E-state index >= 15 is 0 Å². The number of rotatable bonds is 5. The number of hydrogen-bond donors (Lipinski definition) is 0. The minimum absolute atomic E-state index is 0.0314. The SMILES string of the molecule is Cc1csc(C(=O)C23Cc4cnn(-c5ccc(F)cc5)c4C=C2CCN(S(=O)(=O)c2cccc(C(F)(F)F)c2)C3)n1. The van der Waals surface area contributed by atoms with Crippen molar-refractivity contribution in [2.75, 3.05) is 13.1 Å². The second kappa shape index (κ2) is 9.71. The van der Waals surface area contributed by atoms with Gasteiger partial charge >= 0.3 is 6.18 Å². The molecule has 1 unspecified atom stereocenters. The van der Waals surface area contributed by atoms with Gasteiger partial charge in [-0.3, -0.25) is 4.79 Å². The normalized spacial score (nSPS) is 19.4. The Labute approximate surface area is 236 Å². The summed E-state index contributed by atoms with van der Waals surface area (Å²) in [5.41, 5.74) is 0.907. The summed E-state index contributed by atoms with van der Waals surface area (Å²) < 4.78 is 83.7. The van der Waals surface area contributed by atoms with E-state index < -0.39 is 37.9 Å². The molecule has 0 N–H and O–H groups in total. The second-order valence-corrected chi connectivity index (χ2v) is 12.9. The smallest absolute Gasteiger partial charge is 0.290 e. The van der Waals surface area contributed by atoms with Crippen molar-refractivity contribution in [3.05, 3.63) is 99.0 Å². The Kier molecular flexibility index (Phi) is 6.51. The van der Waals surface area contributed by atoms with E-state index in [4.69, 9.17) is 0 Å². The molecular weight excluding hydrogens is 580 g/mol. The number of benzene rings is 2. The van der Waals surface area contributed by atoms with Gasteiger partial charge in [0.05, 0.1) is 33.5 Å². The molecule has 1 saturated heterocycles. The molecule has 0 bridgehead atoms. The summed E-state index contributed by atoms with van der Waals surface area (Å²) in [6.45, 7) is 1.45. The number of ketones is 1. The molecule has 6 rings (SSSR count). The van der Waals surface area contributed by atoms with Crippen molar-refractivity contribution in [1.82, 2.24) is 19.1 Å². The molecule has 0 radical (unpaired) electrons.